The van der Waals surface area contributed by atoms with E-state index < -0.39 is 8.32 Å². The summed E-state index contributed by atoms with van der Waals surface area (Å²) in [5, 5.41) is 0. The predicted molar refractivity (Wildman–Crippen MR) is 92.0 cm³/mol. The average molecular weight is 315 g/mol. The van der Waals surface area contributed by atoms with Crippen molar-refractivity contribution < 1.29 is 14.0 Å². The van der Waals surface area contributed by atoms with Crippen LogP contribution >= 0.6 is 0 Å². The van der Waals surface area contributed by atoms with Crippen molar-refractivity contribution >= 4 is 14.3 Å². The normalized spacial score (nSPS) is 11.4. The number of unbranched alkanes of at least 4 members (excludes halogenated alkanes) is 3. The Hall–Kier alpha value is -0.613. The Balaban J connectivity index is 4.47. The quantitative estimate of drug-likeness (QED) is 0.194. The van der Waals surface area contributed by atoms with E-state index in [2.05, 4.69) is 27.4 Å². The standard InChI is InChI=1S/C17H34O3Si/c1-5-9-14-21(15-10-6-2,16-11-7-3)20-13-12-19-17(18)8-4/h8H,4-7,9-16H2,1-3H3. The van der Waals surface area contributed by atoms with Crippen molar-refractivity contribution in [2.24, 2.45) is 0 Å². The van der Waals surface area contributed by atoms with Crippen molar-refractivity contribution in [2.75, 3.05) is 13.2 Å². The summed E-state index contributed by atoms with van der Waals surface area (Å²) in [7, 11) is -1.66. The maximum absolute atomic E-state index is 11.1. The molecule has 21 heavy (non-hydrogen) atoms. The molecule has 0 N–H and O–H groups in total. The molecule has 0 saturated heterocycles. The van der Waals surface area contributed by atoms with Crippen LogP contribution in [0.5, 0.6) is 0 Å². The first-order valence-corrected chi connectivity index (χ1v) is 11.1. The highest BCUT2D eigenvalue weighted by Gasteiger charge is 2.32. The van der Waals surface area contributed by atoms with Crippen molar-refractivity contribution in [3.05, 3.63) is 12.7 Å². The van der Waals surface area contributed by atoms with Gasteiger partial charge in [0.15, 0.2) is 8.32 Å². The molecule has 0 fully saturated rings. The van der Waals surface area contributed by atoms with E-state index >= 15 is 0 Å². The second-order valence-electron chi connectivity index (χ2n) is 5.71. The zero-order valence-electron chi connectivity index (χ0n) is 14.3. The fourth-order valence-electron chi connectivity index (χ4n) is 2.55. The Morgan fingerprint density at radius 2 is 1.43 bits per heavy atom. The first-order valence-electron chi connectivity index (χ1n) is 8.57. The number of hydrogen-bond acceptors (Lipinski definition) is 3. The number of carbonyl (C=O) groups is 1. The van der Waals surface area contributed by atoms with Gasteiger partial charge in [-0.3, -0.25) is 0 Å². The summed E-state index contributed by atoms with van der Waals surface area (Å²) >= 11 is 0. The lowest BCUT2D eigenvalue weighted by atomic mass is 10.4. The molecule has 0 rings (SSSR count). The lowest BCUT2D eigenvalue weighted by Crippen LogP contribution is -2.39. The zero-order chi connectivity index (χ0) is 16.0. The van der Waals surface area contributed by atoms with Gasteiger partial charge in [0, 0.05) is 6.08 Å². The number of rotatable bonds is 14. The molecule has 0 saturated carbocycles. The van der Waals surface area contributed by atoms with Crippen LogP contribution in [0.15, 0.2) is 12.7 Å². The second-order valence-corrected chi connectivity index (χ2v) is 9.87. The van der Waals surface area contributed by atoms with Crippen molar-refractivity contribution in [3.8, 4) is 0 Å². The molecule has 124 valence electrons. The van der Waals surface area contributed by atoms with Gasteiger partial charge in [0.25, 0.3) is 0 Å². The van der Waals surface area contributed by atoms with Crippen LogP contribution in [0.1, 0.15) is 59.3 Å². The smallest absolute Gasteiger partial charge is 0.330 e. The number of hydrogen-bond donors (Lipinski definition) is 0. The summed E-state index contributed by atoms with van der Waals surface area (Å²) in [4.78, 5) is 11.1. The molecular formula is C17H34O3Si. The molecule has 3 nitrogen and oxygen atoms in total. The van der Waals surface area contributed by atoms with Crippen LogP contribution in [-0.2, 0) is 14.0 Å². The molecule has 4 heteroatoms. The van der Waals surface area contributed by atoms with E-state index in [0.29, 0.717) is 13.2 Å². The van der Waals surface area contributed by atoms with Crippen LogP contribution in [-0.4, -0.2) is 27.5 Å². The fraction of sp³-hybridized carbons (Fsp3) is 0.824. The number of esters is 1. The lowest BCUT2D eigenvalue weighted by Gasteiger charge is -2.32. The Labute approximate surface area is 132 Å². The third-order valence-corrected chi connectivity index (χ3v) is 8.47. The minimum Gasteiger partial charge on any atom is -0.460 e. The van der Waals surface area contributed by atoms with Crippen molar-refractivity contribution in [3.63, 3.8) is 0 Å². The highest BCUT2D eigenvalue weighted by molar-refractivity contribution is 6.73. The van der Waals surface area contributed by atoms with Crippen molar-refractivity contribution in [2.45, 2.75) is 77.4 Å². The molecule has 0 aromatic carbocycles. The Morgan fingerprint density at radius 3 is 1.81 bits per heavy atom. The molecule has 0 radical (unpaired) electrons. The molecule has 0 unspecified atom stereocenters. The van der Waals surface area contributed by atoms with Crippen LogP contribution in [0, 0.1) is 0 Å². The first kappa shape index (κ1) is 20.4. The van der Waals surface area contributed by atoms with Gasteiger partial charge in [-0.25, -0.2) is 4.79 Å². The van der Waals surface area contributed by atoms with Crippen LogP contribution in [0.4, 0.5) is 0 Å². The van der Waals surface area contributed by atoms with Crippen LogP contribution in [0.25, 0.3) is 0 Å². The Morgan fingerprint density at radius 1 is 0.952 bits per heavy atom. The number of ether oxygens (including phenoxy) is 1. The average Bonchev–Trinajstić information content (AvgIpc) is 2.52. The summed E-state index contributed by atoms with van der Waals surface area (Å²) < 4.78 is 11.4. The predicted octanol–water partition coefficient (Wildman–Crippen LogP) is 5.08. The van der Waals surface area contributed by atoms with E-state index in [9.17, 15) is 4.79 Å². The Kier molecular flexibility index (Phi) is 12.7. The van der Waals surface area contributed by atoms with Gasteiger partial charge in [-0.05, 0) is 18.1 Å². The summed E-state index contributed by atoms with van der Waals surface area (Å²) in [6.45, 7) is 11.0. The van der Waals surface area contributed by atoms with Crippen molar-refractivity contribution in [1.29, 1.82) is 0 Å². The third kappa shape index (κ3) is 9.85. The molecule has 0 bridgehead atoms. The minimum atomic E-state index is -1.66. The van der Waals surface area contributed by atoms with Gasteiger partial charge in [0.05, 0.1) is 6.61 Å². The molecule has 0 aliphatic heterocycles. The summed E-state index contributed by atoms with van der Waals surface area (Å²) in [6, 6.07) is 3.75. The molecular weight excluding hydrogens is 280 g/mol. The van der Waals surface area contributed by atoms with Crippen LogP contribution in [0.3, 0.4) is 0 Å². The largest absolute Gasteiger partial charge is 0.460 e. The molecule has 0 spiro atoms. The van der Waals surface area contributed by atoms with Gasteiger partial charge in [0.1, 0.15) is 6.61 Å². The molecule has 0 aliphatic rings. The van der Waals surface area contributed by atoms with E-state index in [0.717, 1.165) is 0 Å². The van der Waals surface area contributed by atoms with Gasteiger partial charge >= 0.3 is 5.97 Å². The monoisotopic (exact) mass is 314 g/mol. The molecule has 0 aromatic heterocycles. The fourth-order valence-corrected chi connectivity index (χ4v) is 7.24. The van der Waals surface area contributed by atoms with E-state index in [1.165, 1.54) is 62.7 Å². The minimum absolute atomic E-state index is 0.351. The SMILES string of the molecule is C=CC(=O)OCCO[Si](CCCC)(CCCC)CCCC. The van der Waals surface area contributed by atoms with E-state index in [1.807, 2.05) is 0 Å². The lowest BCUT2D eigenvalue weighted by molar-refractivity contribution is -0.138. The second kappa shape index (κ2) is 13.1. The maximum atomic E-state index is 11.1. The molecule has 0 aliphatic carbocycles. The van der Waals surface area contributed by atoms with Gasteiger partial charge in [-0.1, -0.05) is 65.9 Å². The van der Waals surface area contributed by atoms with Crippen LogP contribution < -0.4 is 0 Å². The molecule has 0 amide bonds. The number of carbonyl (C=O) groups excluding carboxylic acids is 1. The van der Waals surface area contributed by atoms with E-state index in [4.69, 9.17) is 9.16 Å². The third-order valence-electron chi connectivity index (χ3n) is 3.86. The molecule has 0 atom stereocenters. The maximum Gasteiger partial charge on any atom is 0.330 e. The first-order chi connectivity index (χ1) is 10.1. The molecule has 0 aromatic rings. The van der Waals surface area contributed by atoms with Crippen LogP contribution in [0.2, 0.25) is 18.1 Å². The van der Waals surface area contributed by atoms with E-state index in [-0.39, 0.29) is 5.97 Å². The van der Waals surface area contributed by atoms with Gasteiger partial charge in [0.2, 0.25) is 0 Å². The van der Waals surface area contributed by atoms with Crippen molar-refractivity contribution in [1.82, 2.24) is 0 Å². The zero-order valence-corrected chi connectivity index (χ0v) is 15.3. The Bertz CT molecular complexity index is 257. The van der Waals surface area contributed by atoms with Gasteiger partial charge in [-0.15, -0.1) is 0 Å². The highest BCUT2D eigenvalue weighted by atomic mass is 28.4. The topological polar surface area (TPSA) is 35.5 Å². The summed E-state index contributed by atoms with van der Waals surface area (Å²) in [6.07, 6.45) is 8.64. The molecule has 0 heterocycles. The van der Waals surface area contributed by atoms with Gasteiger partial charge < -0.3 is 9.16 Å². The summed E-state index contributed by atoms with van der Waals surface area (Å²) in [5.74, 6) is -0.360. The highest BCUT2D eigenvalue weighted by Crippen LogP contribution is 2.29. The van der Waals surface area contributed by atoms with Gasteiger partial charge in [-0.2, -0.15) is 0 Å². The summed E-state index contributed by atoms with van der Waals surface area (Å²) in [5.41, 5.74) is 0. The van der Waals surface area contributed by atoms with E-state index in [1.54, 1.807) is 0 Å².